The van der Waals surface area contributed by atoms with Crippen LogP contribution in [0.3, 0.4) is 0 Å². The van der Waals surface area contributed by atoms with Crippen LogP contribution in [0.4, 0.5) is 0 Å². The average Bonchev–Trinajstić information content (AvgIpc) is 2.67. The summed E-state index contributed by atoms with van der Waals surface area (Å²) in [6.45, 7) is 2.20. The fourth-order valence-electron chi connectivity index (χ4n) is 1.21. The Morgan fingerprint density at radius 3 is 2.50 bits per heavy atom. The van der Waals surface area contributed by atoms with Crippen LogP contribution in [0.15, 0.2) is 51.6 Å². The molecule has 1 aromatic carbocycles. The summed E-state index contributed by atoms with van der Waals surface area (Å²) in [6.07, 6.45) is 1.14. The molecule has 0 saturated heterocycles. The largest absolute Gasteiger partial charge is 0.134 e. The zero-order valence-electron chi connectivity index (χ0n) is 8.07. The van der Waals surface area contributed by atoms with Gasteiger partial charge in [-0.1, -0.05) is 36.9 Å². The second kappa shape index (κ2) is 4.67. The van der Waals surface area contributed by atoms with E-state index in [9.17, 15) is 0 Å². The van der Waals surface area contributed by atoms with E-state index in [1.165, 1.54) is 14.0 Å². The van der Waals surface area contributed by atoms with Gasteiger partial charge in [-0.25, -0.2) is 0 Å². The molecule has 0 unspecified atom stereocenters. The Hall–Kier alpha value is -0.730. The van der Waals surface area contributed by atoms with Gasteiger partial charge in [0.2, 0.25) is 0 Å². The molecule has 0 spiro atoms. The highest BCUT2D eigenvalue weighted by Gasteiger charge is 2.00. The zero-order chi connectivity index (χ0) is 9.80. The van der Waals surface area contributed by atoms with E-state index in [-0.39, 0.29) is 0 Å². The van der Waals surface area contributed by atoms with E-state index < -0.39 is 0 Å². The Balaban J connectivity index is 2.11. The number of thiophene rings is 1. The maximum atomic E-state index is 2.22. The van der Waals surface area contributed by atoms with Crippen LogP contribution in [0.25, 0.3) is 0 Å². The summed E-state index contributed by atoms with van der Waals surface area (Å²) < 4.78 is 1.38. The summed E-state index contributed by atoms with van der Waals surface area (Å²) in [5, 5.41) is 0. The highest BCUT2D eigenvalue weighted by Crippen LogP contribution is 2.33. The molecule has 0 aliphatic carbocycles. The van der Waals surface area contributed by atoms with Crippen LogP contribution in [0.2, 0.25) is 0 Å². The second-order valence-corrected chi connectivity index (χ2v) is 5.53. The molecule has 1 heterocycles. The van der Waals surface area contributed by atoms with Gasteiger partial charge in [0.15, 0.2) is 0 Å². The molecule has 14 heavy (non-hydrogen) atoms. The highest BCUT2D eigenvalue weighted by molar-refractivity contribution is 8.01. The molecule has 1 aromatic heterocycles. The lowest BCUT2D eigenvalue weighted by molar-refractivity contribution is 1.19. The lowest BCUT2D eigenvalue weighted by Crippen LogP contribution is -1.66. The monoisotopic (exact) mass is 220 g/mol. The van der Waals surface area contributed by atoms with Crippen LogP contribution in [-0.2, 0) is 6.42 Å². The molecule has 0 aliphatic heterocycles. The number of rotatable bonds is 3. The topological polar surface area (TPSA) is 0 Å². The summed E-state index contributed by atoms with van der Waals surface area (Å²) in [5.74, 6) is 0. The van der Waals surface area contributed by atoms with Gasteiger partial charge in [-0.05, 0) is 30.7 Å². The maximum absolute atomic E-state index is 2.22. The van der Waals surface area contributed by atoms with Crippen LogP contribution in [0.1, 0.15) is 11.8 Å². The van der Waals surface area contributed by atoms with E-state index in [4.69, 9.17) is 0 Å². The van der Waals surface area contributed by atoms with Gasteiger partial charge in [0, 0.05) is 9.77 Å². The fourth-order valence-corrected chi connectivity index (χ4v) is 3.32. The summed E-state index contributed by atoms with van der Waals surface area (Å²) in [7, 11) is 0. The van der Waals surface area contributed by atoms with E-state index in [0.29, 0.717) is 0 Å². The van der Waals surface area contributed by atoms with Crippen molar-refractivity contribution in [3.63, 3.8) is 0 Å². The fraction of sp³-hybridized carbons (Fsp3) is 0.167. The van der Waals surface area contributed by atoms with Crippen molar-refractivity contribution in [1.29, 1.82) is 0 Å². The normalized spacial score (nSPS) is 10.4. The first kappa shape index (κ1) is 9.81. The third kappa shape index (κ3) is 2.40. The molecule has 2 aromatic rings. The van der Waals surface area contributed by atoms with Gasteiger partial charge in [0.05, 0.1) is 4.21 Å². The van der Waals surface area contributed by atoms with Crippen molar-refractivity contribution in [3.8, 4) is 0 Å². The zero-order valence-corrected chi connectivity index (χ0v) is 9.70. The van der Waals surface area contributed by atoms with Crippen molar-refractivity contribution < 1.29 is 0 Å². The smallest absolute Gasteiger partial charge is 0.0649 e. The van der Waals surface area contributed by atoms with Gasteiger partial charge in [0.1, 0.15) is 0 Å². The Kier molecular flexibility index (Phi) is 3.27. The minimum Gasteiger partial charge on any atom is -0.134 e. The number of benzene rings is 1. The van der Waals surface area contributed by atoms with E-state index >= 15 is 0 Å². The van der Waals surface area contributed by atoms with Crippen molar-refractivity contribution in [2.24, 2.45) is 0 Å². The predicted octanol–water partition coefficient (Wildman–Crippen LogP) is 4.46. The number of aryl methyl sites for hydroxylation is 1. The third-order valence-corrected chi connectivity index (χ3v) is 4.32. The van der Waals surface area contributed by atoms with Gasteiger partial charge >= 0.3 is 0 Å². The standard InChI is InChI=1S/C12H12S2/c1-2-10-8-9-12(13-10)14-11-6-4-3-5-7-11/h3-9H,2H2,1H3. The van der Waals surface area contributed by atoms with Crippen molar-refractivity contribution in [2.75, 3.05) is 0 Å². The Bertz CT molecular complexity index is 390. The minimum absolute atomic E-state index is 1.14. The van der Waals surface area contributed by atoms with Gasteiger partial charge in [-0.3, -0.25) is 0 Å². The molecule has 0 atom stereocenters. The summed E-state index contributed by atoms with van der Waals surface area (Å²) in [5.41, 5.74) is 0. The molecule has 0 saturated carbocycles. The van der Waals surface area contributed by atoms with Crippen LogP contribution < -0.4 is 0 Å². The van der Waals surface area contributed by atoms with E-state index in [0.717, 1.165) is 6.42 Å². The quantitative estimate of drug-likeness (QED) is 0.736. The van der Waals surface area contributed by atoms with Crippen LogP contribution in [0, 0.1) is 0 Å². The first-order valence-electron chi connectivity index (χ1n) is 4.70. The molecule has 0 bridgehead atoms. The van der Waals surface area contributed by atoms with Crippen LogP contribution in [0.5, 0.6) is 0 Å². The first-order valence-corrected chi connectivity index (χ1v) is 6.33. The van der Waals surface area contributed by atoms with Crippen LogP contribution >= 0.6 is 23.1 Å². The van der Waals surface area contributed by atoms with Gasteiger partial charge in [-0.2, -0.15) is 0 Å². The number of hydrogen-bond donors (Lipinski definition) is 0. The molecule has 2 heteroatoms. The Morgan fingerprint density at radius 1 is 1.07 bits per heavy atom. The van der Waals surface area contributed by atoms with E-state index in [1.807, 2.05) is 23.1 Å². The molecule has 0 amide bonds. The van der Waals surface area contributed by atoms with E-state index in [1.54, 1.807) is 0 Å². The Labute approximate surface area is 93.0 Å². The molecule has 72 valence electrons. The first-order chi connectivity index (χ1) is 6.88. The summed E-state index contributed by atoms with van der Waals surface area (Å²) >= 11 is 3.73. The summed E-state index contributed by atoms with van der Waals surface area (Å²) in [4.78, 5) is 2.78. The van der Waals surface area contributed by atoms with E-state index in [2.05, 4.69) is 49.4 Å². The lowest BCUT2D eigenvalue weighted by Gasteiger charge is -1.96. The SMILES string of the molecule is CCc1ccc(Sc2ccccc2)s1. The molecule has 2 rings (SSSR count). The lowest BCUT2D eigenvalue weighted by atomic mass is 10.4. The van der Waals surface area contributed by atoms with Crippen molar-refractivity contribution in [2.45, 2.75) is 22.4 Å². The molecular formula is C12H12S2. The average molecular weight is 220 g/mol. The number of hydrogen-bond acceptors (Lipinski definition) is 2. The Morgan fingerprint density at radius 2 is 1.86 bits per heavy atom. The molecule has 0 aliphatic rings. The minimum atomic E-state index is 1.14. The molecule has 0 nitrogen and oxygen atoms in total. The molecule has 0 radical (unpaired) electrons. The highest BCUT2D eigenvalue weighted by atomic mass is 32.2. The van der Waals surface area contributed by atoms with Crippen LogP contribution in [-0.4, -0.2) is 0 Å². The van der Waals surface area contributed by atoms with Crippen molar-refractivity contribution in [3.05, 3.63) is 47.3 Å². The van der Waals surface area contributed by atoms with Gasteiger partial charge in [-0.15, -0.1) is 11.3 Å². The maximum Gasteiger partial charge on any atom is 0.0649 e. The van der Waals surface area contributed by atoms with Gasteiger partial charge in [0.25, 0.3) is 0 Å². The van der Waals surface area contributed by atoms with Crippen molar-refractivity contribution in [1.82, 2.24) is 0 Å². The summed E-state index contributed by atoms with van der Waals surface area (Å²) in [6, 6.07) is 14.9. The molecule has 0 N–H and O–H groups in total. The third-order valence-electron chi connectivity index (χ3n) is 1.95. The second-order valence-electron chi connectivity index (χ2n) is 2.99. The predicted molar refractivity (Wildman–Crippen MR) is 64.3 cm³/mol. The molecule has 0 fully saturated rings. The van der Waals surface area contributed by atoms with Gasteiger partial charge < -0.3 is 0 Å². The molecular weight excluding hydrogens is 208 g/mol. The van der Waals surface area contributed by atoms with Crippen molar-refractivity contribution >= 4 is 23.1 Å².